The molecule has 2 N–H and O–H groups in total. The van der Waals surface area contributed by atoms with Crippen LogP contribution in [0.1, 0.15) is 63.6 Å². The Bertz CT molecular complexity index is 425. The molecular weight excluding hydrogens is 274 g/mol. The topological polar surface area (TPSA) is 53.1 Å². The lowest BCUT2D eigenvalue weighted by Crippen LogP contribution is -2.44. The minimum Gasteiger partial charge on any atom is -0.376 e. The number of nitrogens with zero attached hydrogens (tertiary/aromatic N) is 2. The van der Waals surface area contributed by atoms with E-state index in [1.807, 2.05) is 4.68 Å². The van der Waals surface area contributed by atoms with Crippen LogP contribution in [-0.4, -0.2) is 22.5 Å². The molecule has 2 rings (SSSR count). The van der Waals surface area contributed by atoms with Crippen LogP contribution in [0, 0.1) is 0 Å². The molecule has 1 aliphatic carbocycles. The molecule has 1 aromatic rings. The molecule has 20 heavy (non-hydrogen) atoms. The van der Waals surface area contributed by atoms with Crippen LogP contribution in [0.2, 0.25) is 5.02 Å². The van der Waals surface area contributed by atoms with Crippen molar-refractivity contribution in [2.24, 2.45) is 5.73 Å². The zero-order valence-corrected chi connectivity index (χ0v) is 13.3. The SMILES string of the molecule is CCCn1ncc(Cl)c1C(N)C1(OC)CCCCCC1. The van der Waals surface area contributed by atoms with Gasteiger partial charge in [-0.1, -0.05) is 44.2 Å². The Morgan fingerprint density at radius 1 is 1.40 bits per heavy atom. The van der Waals surface area contributed by atoms with Gasteiger partial charge in [-0.15, -0.1) is 0 Å². The van der Waals surface area contributed by atoms with E-state index >= 15 is 0 Å². The van der Waals surface area contributed by atoms with Gasteiger partial charge in [0.05, 0.1) is 28.6 Å². The first-order valence-corrected chi connectivity index (χ1v) is 8.04. The summed E-state index contributed by atoms with van der Waals surface area (Å²) in [7, 11) is 1.78. The van der Waals surface area contributed by atoms with Crippen LogP contribution in [0.5, 0.6) is 0 Å². The number of ether oxygens (including phenoxy) is 1. The van der Waals surface area contributed by atoms with E-state index < -0.39 is 0 Å². The van der Waals surface area contributed by atoms with Crippen LogP contribution in [-0.2, 0) is 11.3 Å². The number of nitrogens with two attached hydrogens (primary N) is 1. The maximum Gasteiger partial charge on any atom is 0.0886 e. The number of aromatic nitrogens is 2. The second-order valence-electron chi connectivity index (χ2n) is 5.76. The van der Waals surface area contributed by atoms with Crippen molar-refractivity contribution in [3.63, 3.8) is 0 Å². The molecule has 1 unspecified atom stereocenters. The first kappa shape index (κ1) is 15.8. The summed E-state index contributed by atoms with van der Waals surface area (Å²) in [5.41, 5.74) is 7.22. The Hall–Kier alpha value is -0.580. The zero-order chi connectivity index (χ0) is 14.6. The van der Waals surface area contributed by atoms with E-state index in [2.05, 4.69) is 12.0 Å². The molecule has 1 saturated carbocycles. The van der Waals surface area contributed by atoms with Gasteiger partial charge in [0.15, 0.2) is 0 Å². The highest BCUT2D eigenvalue weighted by Gasteiger charge is 2.40. The third kappa shape index (κ3) is 3.02. The van der Waals surface area contributed by atoms with E-state index in [1.54, 1.807) is 13.3 Å². The van der Waals surface area contributed by atoms with E-state index in [0.717, 1.165) is 31.5 Å². The van der Waals surface area contributed by atoms with Crippen molar-refractivity contribution in [1.82, 2.24) is 9.78 Å². The Balaban J connectivity index is 2.31. The summed E-state index contributed by atoms with van der Waals surface area (Å²) in [6.07, 6.45) is 9.57. The lowest BCUT2D eigenvalue weighted by Gasteiger charge is -2.37. The van der Waals surface area contributed by atoms with Gasteiger partial charge in [-0.25, -0.2) is 0 Å². The standard InChI is InChI=1S/C15H26ClN3O/c1-3-10-19-13(12(16)11-18-19)14(17)15(20-2)8-6-4-5-7-9-15/h11,14H,3-10,17H2,1-2H3. The Labute approximate surface area is 126 Å². The predicted molar refractivity (Wildman–Crippen MR) is 81.9 cm³/mol. The first-order valence-electron chi connectivity index (χ1n) is 7.66. The smallest absolute Gasteiger partial charge is 0.0886 e. The predicted octanol–water partition coefficient (Wildman–Crippen LogP) is 3.69. The van der Waals surface area contributed by atoms with Crippen molar-refractivity contribution in [2.75, 3.05) is 7.11 Å². The number of halogens is 1. The Morgan fingerprint density at radius 2 is 2.05 bits per heavy atom. The lowest BCUT2D eigenvalue weighted by atomic mass is 9.84. The fraction of sp³-hybridized carbons (Fsp3) is 0.800. The fourth-order valence-electron chi connectivity index (χ4n) is 3.29. The molecule has 0 radical (unpaired) electrons. The Kier molecular flexibility index (Phi) is 5.47. The number of hydrogen-bond acceptors (Lipinski definition) is 3. The fourth-order valence-corrected chi connectivity index (χ4v) is 3.55. The molecule has 1 aromatic heterocycles. The molecule has 5 heteroatoms. The van der Waals surface area contributed by atoms with E-state index in [1.165, 1.54) is 25.7 Å². The molecule has 0 bridgehead atoms. The van der Waals surface area contributed by atoms with Crippen molar-refractivity contribution >= 4 is 11.6 Å². The van der Waals surface area contributed by atoms with Crippen LogP contribution < -0.4 is 5.73 Å². The van der Waals surface area contributed by atoms with E-state index in [0.29, 0.717) is 5.02 Å². The average Bonchev–Trinajstić information content (AvgIpc) is 2.68. The number of methoxy groups -OCH3 is 1. The summed E-state index contributed by atoms with van der Waals surface area (Å²) in [6.45, 7) is 2.97. The lowest BCUT2D eigenvalue weighted by molar-refractivity contribution is -0.0461. The largest absolute Gasteiger partial charge is 0.376 e. The average molecular weight is 300 g/mol. The van der Waals surface area contributed by atoms with E-state index in [4.69, 9.17) is 22.1 Å². The van der Waals surface area contributed by atoms with Gasteiger partial charge >= 0.3 is 0 Å². The number of hydrogen-bond donors (Lipinski definition) is 1. The molecule has 0 amide bonds. The maximum absolute atomic E-state index is 6.59. The zero-order valence-electron chi connectivity index (χ0n) is 12.6. The van der Waals surface area contributed by atoms with E-state index in [-0.39, 0.29) is 11.6 Å². The van der Waals surface area contributed by atoms with Gasteiger partial charge in [0.25, 0.3) is 0 Å². The molecule has 1 atom stereocenters. The molecule has 114 valence electrons. The molecule has 0 saturated heterocycles. The van der Waals surface area contributed by atoms with Gasteiger partial charge < -0.3 is 10.5 Å². The first-order chi connectivity index (χ1) is 9.64. The summed E-state index contributed by atoms with van der Waals surface area (Å²) in [4.78, 5) is 0. The molecule has 1 aliphatic rings. The summed E-state index contributed by atoms with van der Waals surface area (Å²) in [5.74, 6) is 0. The van der Waals surface area contributed by atoms with Gasteiger partial charge in [0.2, 0.25) is 0 Å². The molecule has 1 heterocycles. The summed E-state index contributed by atoms with van der Waals surface area (Å²) >= 11 is 6.34. The van der Waals surface area contributed by atoms with Crippen LogP contribution in [0.15, 0.2) is 6.20 Å². The normalized spacial score (nSPS) is 20.6. The van der Waals surface area contributed by atoms with Crippen molar-refractivity contribution in [3.8, 4) is 0 Å². The van der Waals surface area contributed by atoms with Crippen LogP contribution in [0.4, 0.5) is 0 Å². The minimum absolute atomic E-state index is 0.216. The van der Waals surface area contributed by atoms with Crippen LogP contribution in [0.3, 0.4) is 0 Å². The van der Waals surface area contributed by atoms with Crippen molar-refractivity contribution in [3.05, 3.63) is 16.9 Å². The highest BCUT2D eigenvalue weighted by atomic mass is 35.5. The highest BCUT2D eigenvalue weighted by molar-refractivity contribution is 6.31. The second kappa shape index (κ2) is 6.92. The summed E-state index contributed by atoms with van der Waals surface area (Å²) in [6, 6.07) is -0.216. The van der Waals surface area contributed by atoms with Crippen molar-refractivity contribution < 1.29 is 4.74 Å². The second-order valence-corrected chi connectivity index (χ2v) is 6.17. The van der Waals surface area contributed by atoms with Gasteiger partial charge in [-0.05, 0) is 19.3 Å². The highest BCUT2D eigenvalue weighted by Crippen LogP contribution is 2.40. The molecule has 1 fully saturated rings. The molecule has 0 spiro atoms. The van der Waals surface area contributed by atoms with Crippen LogP contribution >= 0.6 is 11.6 Å². The van der Waals surface area contributed by atoms with Crippen molar-refractivity contribution in [1.29, 1.82) is 0 Å². The number of aryl methyl sites for hydroxylation is 1. The molecule has 4 nitrogen and oxygen atoms in total. The van der Waals surface area contributed by atoms with E-state index in [9.17, 15) is 0 Å². The third-order valence-corrected chi connectivity index (χ3v) is 4.78. The maximum atomic E-state index is 6.59. The molecular formula is C15H26ClN3O. The van der Waals surface area contributed by atoms with Crippen LogP contribution in [0.25, 0.3) is 0 Å². The number of rotatable bonds is 5. The molecule has 0 aromatic carbocycles. The molecule has 0 aliphatic heterocycles. The Morgan fingerprint density at radius 3 is 2.60 bits per heavy atom. The van der Waals surface area contributed by atoms with Gasteiger partial charge in [-0.3, -0.25) is 4.68 Å². The third-order valence-electron chi connectivity index (χ3n) is 4.49. The summed E-state index contributed by atoms with van der Waals surface area (Å²) in [5, 5.41) is 5.02. The monoisotopic (exact) mass is 299 g/mol. The minimum atomic E-state index is -0.300. The van der Waals surface area contributed by atoms with Gasteiger partial charge in [0, 0.05) is 13.7 Å². The van der Waals surface area contributed by atoms with Crippen molar-refractivity contribution in [2.45, 2.75) is 70.1 Å². The summed E-state index contributed by atoms with van der Waals surface area (Å²) < 4.78 is 7.85. The van der Waals surface area contributed by atoms with Gasteiger partial charge in [-0.2, -0.15) is 5.10 Å². The quantitative estimate of drug-likeness (QED) is 0.844. The van der Waals surface area contributed by atoms with Gasteiger partial charge in [0.1, 0.15) is 0 Å².